The maximum Gasteiger partial charge on any atom is 0.573 e. The molecule has 1 N–H and O–H groups in total. The van der Waals surface area contributed by atoms with Crippen LogP contribution in [0.4, 0.5) is 23.7 Å². The first kappa shape index (κ1) is 31.5. The zero-order valence-corrected chi connectivity index (χ0v) is 25.4. The topological polar surface area (TPSA) is 102 Å². The lowest BCUT2D eigenvalue weighted by Crippen LogP contribution is -2.32. The standard InChI is InChI=1S/C32H29F3N6O3S/c1-20(2)26-14-9-21(3)16-27(26)41-28(42)18-45-31(41)38-30(43)36-15-5-7-22-6-4-8-23(17-22)29-37-19-40(39-29)24-10-12-25(13-11-24)44-32(33,34)35/h4-14,16-17,19-20H,15,18H2,1-3H3,(H,36,43)/b7-5+,38-31-. The number of aryl methyl sites for hydroxylation is 1. The lowest BCUT2D eigenvalue weighted by atomic mass is 9.99. The van der Waals surface area contributed by atoms with Gasteiger partial charge in [-0.05, 0) is 65.9 Å². The summed E-state index contributed by atoms with van der Waals surface area (Å²) in [6.07, 6.45) is 0.304. The predicted octanol–water partition coefficient (Wildman–Crippen LogP) is 7.12. The van der Waals surface area contributed by atoms with Gasteiger partial charge in [-0.3, -0.25) is 9.69 Å². The summed E-state index contributed by atoms with van der Waals surface area (Å²) in [5.74, 6) is 0.377. The number of halogens is 3. The average molecular weight is 635 g/mol. The molecule has 232 valence electrons. The molecular weight excluding hydrogens is 605 g/mol. The number of anilines is 1. The van der Waals surface area contributed by atoms with Crippen LogP contribution < -0.4 is 15.0 Å². The Morgan fingerprint density at radius 1 is 1.13 bits per heavy atom. The number of benzene rings is 3. The first-order chi connectivity index (χ1) is 21.5. The molecule has 1 aliphatic heterocycles. The minimum atomic E-state index is -4.76. The highest BCUT2D eigenvalue weighted by molar-refractivity contribution is 8.15. The van der Waals surface area contributed by atoms with Gasteiger partial charge in [0.25, 0.3) is 0 Å². The van der Waals surface area contributed by atoms with E-state index in [1.807, 2.05) is 55.5 Å². The molecule has 0 radical (unpaired) electrons. The molecule has 0 aliphatic carbocycles. The van der Waals surface area contributed by atoms with E-state index >= 15 is 0 Å². The molecule has 0 bridgehead atoms. The largest absolute Gasteiger partial charge is 0.573 e. The molecule has 5 rings (SSSR count). The highest BCUT2D eigenvalue weighted by Crippen LogP contribution is 2.34. The van der Waals surface area contributed by atoms with Crippen molar-refractivity contribution in [2.45, 2.75) is 33.1 Å². The Balaban J connectivity index is 1.21. The smallest absolute Gasteiger partial charge is 0.406 e. The molecule has 3 amide bonds. The summed E-state index contributed by atoms with van der Waals surface area (Å²) in [5, 5.41) is 7.52. The molecule has 1 fully saturated rings. The normalized spacial score (nSPS) is 14.6. The van der Waals surface area contributed by atoms with Gasteiger partial charge in [0.05, 0.1) is 17.1 Å². The number of amides is 3. The van der Waals surface area contributed by atoms with Gasteiger partial charge < -0.3 is 10.1 Å². The monoisotopic (exact) mass is 634 g/mol. The van der Waals surface area contributed by atoms with Gasteiger partial charge in [-0.15, -0.1) is 18.3 Å². The maximum absolute atomic E-state index is 12.8. The van der Waals surface area contributed by atoms with Crippen LogP contribution in [-0.4, -0.2) is 50.5 Å². The van der Waals surface area contributed by atoms with Crippen molar-refractivity contribution in [3.05, 3.63) is 95.8 Å². The molecule has 1 aromatic heterocycles. The van der Waals surface area contributed by atoms with Crippen LogP contribution >= 0.6 is 11.8 Å². The summed E-state index contributed by atoms with van der Waals surface area (Å²) in [6.45, 7) is 6.28. The Morgan fingerprint density at radius 2 is 1.91 bits per heavy atom. The number of alkyl halides is 3. The van der Waals surface area contributed by atoms with Crippen molar-refractivity contribution < 1.29 is 27.5 Å². The minimum Gasteiger partial charge on any atom is -0.406 e. The number of rotatable bonds is 8. The van der Waals surface area contributed by atoms with Crippen LogP contribution in [0.3, 0.4) is 0 Å². The molecule has 0 spiro atoms. The van der Waals surface area contributed by atoms with Crippen LogP contribution in [-0.2, 0) is 4.79 Å². The quantitative estimate of drug-likeness (QED) is 0.221. The molecule has 0 saturated carbocycles. The molecule has 0 unspecified atom stereocenters. The number of aromatic nitrogens is 3. The van der Waals surface area contributed by atoms with Crippen molar-refractivity contribution in [2.75, 3.05) is 17.2 Å². The van der Waals surface area contributed by atoms with E-state index in [0.717, 1.165) is 27.9 Å². The number of carbonyl (C=O) groups excluding carboxylic acids is 2. The number of aliphatic imine (C=N–C) groups is 1. The average Bonchev–Trinajstić information content (AvgIpc) is 3.62. The number of thioether (sulfide) groups is 1. The van der Waals surface area contributed by atoms with Crippen LogP contribution in [0.2, 0.25) is 0 Å². The third-order valence-corrected chi connectivity index (χ3v) is 7.59. The second kappa shape index (κ2) is 13.4. The minimum absolute atomic E-state index is 0.119. The summed E-state index contributed by atoms with van der Waals surface area (Å²) in [7, 11) is 0. The Hall–Kier alpha value is -4.91. The third kappa shape index (κ3) is 7.98. The van der Waals surface area contributed by atoms with Crippen molar-refractivity contribution in [3.8, 4) is 22.8 Å². The molecule has 1 saturated heterocycles. The van der Waals surface area contributed by atoms with Gasteiger partial charge in [0.15, 0.2) is 11.0 Å². The van der Waals surface area contributed by atoms with Crippen molar-refractivity contribution in [3.63, 3.8) is 0 Å². The first-order valence-corrected chi connectivity index (χ1v) is 14.9. The van der Waals surface area contributed by atoms with Gasteiger partial charge in [0.2, 0.25) is 5.91 Å². The molecule has 13 heteroatoms. The van der Waals surface area contributed by atoms with Crippen molar-refractivity contribution >= 4 is 40.6 Å². The van der Waals surface area contributed by atoms with E-state index in [9.17, 15) is 22.8 Å². The second-order valence-corrected chi connectivity index (χ2v) is 11.3. The SMILES string of the molecule is Cc1ccc(C(C)C)c(N2C(=O)CS/C2=N\C(=O)NC/C=C/c2cccc(-c3ncn(-c4ccc(OC(F)(F)F)cc4)n3)c2)c1. The van der Waals surface area contributed by atoms with Crippen LogP contribution in [0.15, 0.2) is 84.1 Å². The fourth-order valence-corrected chi connectivity index (χ4v) is 5.45. The van der Waals surface area contributed by atoms with E-state index in [-0.39, 0.29) is 29.9 Å². The molecular formula is C32H29F3N6O3S. The van der Waals surface area contributed by atoms with Gasteiger partial charge in [-0.25, -0.2) is 14.5 Å². The molecule has 0 atom stereocenters. The zero-order chi connectivity index (χ0) is 32.1. The molecule has 9 nitrogen and oxygen atoms in total. The van der Waals surface area contributed by atoms with Crippen LogP contribution in [0.1, 0.15) is 36.5 Å². The van der Waals surface area contributed by atoms with E-state index in [0.29, 0.717) is 16.7 Å². The van der Waals surface area contributed by atoms with Gasteiger partial charge in [0.1, 0.15) is 12.1 Å². The van der Waals surface area contributed by atoms with E-state index in [4.69, 9.17) is 0 Å². The highest BCUT2D eigenvalue weighted by atomic mass is 32.2. The number of urea groups is 1. The summed E-state index contributed by atoms with van der Waals surface area (Å²) in [5.41, 5.74) is 4.84. The van der Waals surface area contributed by atoms with E-state index in [2.05, 4.69) is 39.0 Å². The number of hydrogen-bond donors (Lipinski definition) is 1. The maximum atomic E-state index is 12.8. The van der Waals surface area contributed by atoms with Crippen LogP contribution in [0, 0.1) is 6.92 Å². The Bertz CT molecular complexity index is 1770. The van der Waals surface area contributed by atoms with E-state index in [1.54, 1.807) is 6.08 Å². The summed E-state index contributed by atoms with van der Waals surface area (Å²) in [4.78, 5) is 35.5. The molecule has 2 heterocycles. The fourth-order valence-electron chi connectivity index (χ4n) is 4.59. The van der Waals surface area contributed by atoms with Crippen molar-refractivity contribution in [1.29, 1.82) is 0 Å². The molecule has 1 aliphatic rings. The molecule has 45 heavy (non-hydrogen) atoms. The Labute approximate surface area is 261 Å². The second-order valence-electron chi connectivity index (χ2n) is 10.4. The number of carbonyl (C=O) groups is 2. The number of nitrogens with zero attached hydrogens (tertiary/aromatic N) is 5. The van der Waals surface area contributed by atoms with Gasteiger partial charge in [-0.2, -0.15) is 4.99 Å². The van der Waals surface area contributed by atoms with Crippen molar-refractivity contribution in [2.24, 2.45) is 4.99 Å². The van der Waals surface area contributed by atoms with E-state index < -0.39 is 12.4 Å². The molecule has 4 aromatic rings. The van der Waals surface area contributed by atoms with E-state index in [1.165, 1.54) is 51.9 Å². The number of nitrogens with one attached hydrogen (secondary N) is 1. The molecule has 3 aromatic carbocycles. The van der Waals surface area contributed by atoms with Gasteiger partial charge in [0, 0.05) is 12.1 Å². The summed E-state index contributed by atoms with van der Waals surface area (Å²) >= 11 is 1.23. The number of hydrogen-bond acceptors (Lipinski definition) is 6. The lowest BCUT2D eigenvalue weighted by Gasteiger charge is -2.22. The third-order valence-electron chi connectivity index (χ3n) is 6.66. The summed E-state index contributed by atoms with van der Waals surface area (Å²) in [6, 6.07) is 18.1. The predicted molar refractivity (Wildman–Crippen MR) is 169 cm³/mol. The zero-order valence-electron chi connectivity index (χ0n) is 24.6. The lowest BCUT2D eigenvalue weighted by molar-refractivity contribution is -0.274. The first-order valence-electron chi connectivity index (χ1n) is 13.9. The number of ether oxygens (including phenoxy) is 1. The van der Waals surface area contributed by atoms with Crippen molar-refractivity contribution in [1.82, 2.24) is 20.1 Å². The Kier molecular flexibility index (Phi) is 9.37. The Morgan fingerprint density at radius 3 is 2.64 bits per heavy atom. The fraction of sp³-hybridized carbons (Fsp3) is 0.219. The van der Waals surface area contributed by atoms with Crippen LogP contribution in [0.5, 0.6) is 5.75 Å². The number of amidine groups is 1. The summed E-state index contributed by atoms with van der Waals surface area (Å²) < 4.78 is 42.6. The van der Waals surface area contributed by atoms with Gasteiger partial charge >= 0.3 is 12.4 Å². The highest BCUT2D eigenvalue weighted by Gasteiger charge is 2.33. The van der Waals surface area contributed by atoms with Gasteiger partial charge in [-0.1, -0.05) is 68.1 Å². The van der Waals surface area contributed by atoms with Crippen LogP contribution in [0.25, 0.3) is 23.2 Å².